The summed E-state index contributed by atoms with van der Waals surface area (Å²) >= 11 is 0. The van der Waals surface area contributed by atoms with Crippen LogP contribution in [0.1, 0.15) is 54.9 Å². The topological polar surface area (TPSA) is 32.9 Å². The van der Waals surface area contributed by atoms with Crippen LogP contribution in [0.3, 0.4) is 0 Å². The van der Waals surface area contributed by atoms with E-state index in [-0.39, 0.29) is 5.41 Å². The Morgan fingerprint density at radius 2 is 2.05 bits per heavy atom. The summed E-state index contributed by atoms with van der Waals surface area (Å²) in [7, 11) is 0. The molecule has 0 radical (unpaired) electrons. The predicted octanol–water partition coefficient (Wildman–Crippen LogP) is 4.63. The first-order chi connectivity index (χ1) is 9.18. The van der Waals surface area contributed by atoms with Gasteiger partial charge in [-0.15, -0.1) is 0 Å². The molecule has 0 unspecified atom stereocenters. The van der Waals surface area contributed by atoms with Gasteiger partial charge in [-0.1, -0.05) is 31.9 Å². The van der Waals surface area contributed by atoms with Crippen LogP contribution in [0, 0.1) is 12.3 Å². The Hall–Kier alpha value is -1.57. The fourth-order valence-electron chi connectivity index (χ4n) is 3.63. The van der Waals surface area contributed by atoms with Crippen LogP contribution in [-0.4, -0.2) is 10.8 Å². The molecule has 100 valence electrons. The molecule has 0 amide bonds. The second kappa shape index (κ2) is 4.52. The van der Waals surface area contributed by atoms with Crippen LogP contribution in [0.15, 0.2) is 24.4 Å². The molecule has 1 aromatic carbocycles. The Kier molecular flexibility index (Phi) is 2.96. The quantitative estimate of drug-likeness (QED) is 0.797. The highest BCUT2D eigenvalue weighted by molar-refractivity contribution is 6.11. The number of ketones is 1. The highest BCUT2D eigenvalue weighted by atomic mass is 16.1. The number of carbonyl (C=O) groups excluding carboxylic acids is 1. The molecule has 1 heterocycles. The monoisotopic (exact) mass is 255 g/mol. The Balaban J connectivity index is 2.12. The van der Waals surface area contributed by atoms with E-state index in [1.807, 2.05) is 18.3 Å². The van der Waals surface area contributed by atoms with Gasteiger partial charge < -0.3 is 4.98 Å². The molecule has 1 aliphatic rings. The van der Waals surface area contributed by atoms with Crippen LogP contribution < -0.4 is 0 Å². The Bertz CT molecular complexity index is 617. The summed E-state index contributed by atoms with van der Waals surface area (Å²) in [6.45, 7) is 4.24. The molecule has 0 spiro atoms. The fraction of sp³-hybridized carbons (Fsp3) is 0.471. The van der Waals surface area contributed by atoms with Crippen LogP contribution in [0.4, 0.5) is 0 Å². The SMILES string of the molecule is CCC1(C(=O)c2c[nH]c3cccc(C)c23)CCCC1. The summed E-state index contributed by atoms with van der Waals surface area (Å²) < 4.78 is 0. The van der Waals surface area contributed by atoms with E-state index in [0.717, 1.165) is 35.7 Å². The lowest BCUT2D eigenvalue weighted by Gasteiger charge is -2.25. The number of benzene rings is 1. The van der Waals surface area contributed by atoms with Crippen molar-refractivity contribution in [1.29, 1.82) is 0 Å². The number of rotatable bonds is 3. The van der Waals surface area contributed by atoms with E-state index < -0.39 is 0 Å². The Morgan fingerprint density at radius 1 is 1.32 bits per heavy atom. The first-order valence-corrected chi connectivity index (χ1v) is 7.29. The minimum absolute atomic E-state index is 0.0998. The zero-order valence-corrected chi connectivity index (χ0v) is 11.8. The van der Waals surface area contributed by atoms with Crippen LogP contribution in [0.25, 0.3) is 10.9 Å². The average molecular weight is 255 g/mol. The first kappa shape index (κ1) is 12.5. The van der Waals surface area contributed by atoms with Gasteiger partial charge in [0, 0.05) is 28.1 Å². The average Bonchev–Trinajstić information content (AvgIpc) is 3.06. The van der Waals surface area contributed by atoms with E-state index in [1.54, 1.807) is 0 Å². The number of H-pyrrole nitrogens is 1. The molecule has 1 aliphatic carbocycles. The molecule has 1 saturated carbocycles. The number of aromatic nitrogens is 1. The summed E-state index contributed by atoms with van der Waals surface area (Å²) in [6, 6.07) is 6.17. The van der Waals surface area contributed by atoms with Gasteiger partial charge in [-0.3, -0.25) is 4.79 Å². The smallest absolute Gasteiger partial charge is 0.171 e. The third kappa shape index (κ3) is 1.81. The normalized spacial score (nSPS) is 18.0. The molecule has 0 bridgehead atoms. The van der Waals surface area contributed by atoms with Gasteiger partial charge in [0.2, 0.25) is 0 Å². The van der Waals surface area contributed by atoms with Crippen molar-refractivity contribution in [2.24, 2.45) is 5.41 Å². The molecule has 3 rings (SSSR count). The minimum atomic E-state index is -0.0998. The number of aryl methyl sites for hydroxylation is 1. The van der Waals surface area contributed by atoms with Gasteiger partial charge in [0.1, 0.15) is 0 Å². The van der Waals surface area contributed by atoms with Gasteiger partial charge in [0.15, 0.2) is 5.78 Å². The standard InChI is InChI=1S/C17H21NO/c1-3-17(9-4-5-10-17)16(19)13-11-18-14-8-6-7-12(2)15(13)14/h6-8,11,18H,3-5,9-10H2,1-2H3. The molecule has 2 nitrogen and oxygen atoms in total. The van der Waals surface area contributed by atoms with Crippen molar-refractivity contribution in [3.8, 4) is 0 Å². The maximum atomic E-state index is 13.0. The molecule has 0 aliphatic heterocycles. The summed E-state index contributed by atoms with van der Waals surface area (Å²) in [5.74, 6) is 0.355. The van der Waals surface area contributed by atoms with Crippen molar-refractivity contribution in [3.63, 3.8) is 0 Å². The van der Waals surface area contributed by atoms with E-state index >= 15 is 0 Å². The summed E-state index contributed by atoms with van der Waals surface area (Å²) in [6.07, 6.45) is 7.38. The third-order valence-corrected chi connectivity index (χ3v) is 4.88. The molecule has 1 fully saturated rings. The molecule has 19 heavy (non-hydrogen) atoms. The van der Waals surface area contributed by atoms with Crippen molar-refractivity contribution >= 4 is 16.7 Å². The fourth-order valence-corrected chi connectivity index (χ4v) is 3.63. The van der Waals surface area contributed by atoms with Crippen LogP contribution in [0.5, 0.6) is 0 Å². The second-order valence-electron chi connectivity index (χ2n) is 5.87. The van der Waals surface area contributed by atoms with Gasteiger partial charge in [0.25, 0.3) is 0 Å². The Labute approximate surface area is 114 Å². The van der Waals surface area contributed by atoms with Crippen molar-refractivity contribution < 1.29 is 4.79 Å². The summed E-state index contributed by atoms with van der Waals surface area (Å²) in [5, 5.41) is 1.12. The van der Waals surface area contributed by atoms with E-state index in [9.17, 15) is 4.79 Å². The third-order valence-electron chi connectivity index (χ3n) is 4.88. The second-order valence-corrected chi connectivity index (χ2v) is 5.87. The van der Waals surface area contributed by atoms with Crippen LogP contribution in [-0.2, 0) is 0 Å². The lowest BCUT2D eigenvalue weighted by atomic mass is 9.76. The first-order valence-electron chi connectivity index (χ1n) is 7.29. The molecule has 2 aromatic rings. The Morgan fingerprint density at radius 3 is 2.74 bits per heavy atom. The molecule has 0 atom stereocenters. The number of hydrogen-bond donors (Lipinski definition) is 1. The van der Waals surface area contributed by atoms with Crippen molar-refractivity contribution in [1.82, 2.24) is 4.98 Å². The van der Waals surface area contributed by atoms with Crippen molar-refractivity contribution in [3.05, 3.63) is 35.5 Å². The minimum Gasteiger partial charge on any atom is -0.360 e. The number of Topliss-reactive ketones (excluding diaryl/α,β-unsaturated/α-hetero) is 1. The maximum absolute atomic E-state index is 13.0. The van der Waals surface area contributed by atoms with E-state index in [2.05, 4.69) is 24.9 Å². The summed E-state index contributed by atoms with van der Waals surface area (Å²) in [5.41, 5.74) is 3.06. The highest BCUT2D eigenvalue weighted by Crippen LogP contribution is 2.44. The highest BCUT2D eigenvalue weighted by Gasteiger charge is 2.40. The molecule has 1 aromatic heterocycles. The van der Waals surface area contributed by atoms with Crippen molar-refractivity contribution in [2.75, 3.05) is 0 Å². The number of nitrogens with one attached hydrogen (secondary N) is 1. The number of aromatic amines is 1. The molecular weight excluding hydrogens is 234 g/mol. The van der Waals surface area contributed by atoms with E-state index in [0.29, 0.717) is 5.78 Å². The van der Waals surface area contributed by atoms with E-state index in [4.69, 9.17) is 0 Å². The molecule has 0 saturated heterocycles. The molecular formula is C17H21NO. The van der Waals surface area contributed by atoms with Gasteiger partial charge in [-0.05, 0) is 37.8 Å². The molecule has 1 N–H and O–H groups in total. The number of carbonyl (C=O) groups is 1. The number of fused-ring (bicyclic) bond motifs is 1. The summed E-state index contributed by atoms with van der Waals surface area (Å²) in [4.78, 5) is 16.3. The van der Waals surface area contributed by atoms with Gasteiger partial charge in [0.05, 0.1) is 0 Å². The zero-order chi connectivity index (χ0) is 13.5. The van der Waals surface area contributed by atoms with Crippen LogP contribution >= 0.6 is 0 Å². The van der Waals surface area contributed by atoms with Gasteiger partial charge in [-0.2, -0.15) is 0 Å². The lowest BCUT2D eigenvalue weighted by molar-refractivity contribution is 0.0793. The van der Waals surface area contributed by atoms with Gasteiger partial charge >= 0.3 is 0 Å². The number of hydrogen-bond acceptors (Lipinski definition) is 1. The predicted molar refractivity (Wildman–Crippen MR) is 78.6 cm³/mol. The maximum Gasteiger partial charge on any atom is 0.171 e. The lowest BCUT2D eigenvalue weighted by Crippen LogP contribution is -2.27. The van der Waals surface area contributed by atoms with Gasteiger partial charge in [-0.25, -0.2) is 0 Å². The molecule has 2 heteroatoms. The van der Waals surface area contributed by atoms with E-state index in [1.165, 1.54) is 18.4 Å². The zero-order valence-electron chi connectivity index (χ0n) is 11.8. The van der Waals surface area contributed by atoms with Crippen molar-refractivity contribution in [2.45, 2.75) is 46.0 Å². The largest absolute Gasteiger partial charge is 0.360 e. The van der Waals surface area contributed by atoms with Crippen LogP contribution in [0.2, 0.25) is 0 Å².